The van der Waals surface area contributed by atoms with Gasteiger partial charge >= 0.3 is 0 Å². The number of carbonyl (C=O) groups is 1. The molecule has 0 saturated carbocycles. The van der Waals surface area contributed by atoms with Crippen LogP contribution >= 0.6 is 11.6 Å². The summed E-state index contributed by atoms with van der Waals surface area (Å²) in [4.78, 5) is 21.2. The van der Waals surface area contributed by atoms with Crippen LogP contribution in [0.4, 0.5) is 5.82 Å². The van der Waals surface area contributed by atoms with Crippen LogP contribution in [0.25, 0.3) is 27.9 Å². The number of aromatic hydroxyl groups is 1. The second kappa shape index (κ2) is 5.60. The second-order valence-corrected chi connectivity index (χ2v) is 6.29. The molecule has 0 atom stereocenters. The van der Waals surface area contributed by atoms with Gasteiger partial charge in [0, 0.05) is 0 Å². The Kier molecular flexibility index (Phi) is 3.48. The van der Waals surface area contributed by atoms with Crippen molar-refractivity contribution in [1.82, 2.24) is 14.5 Å². The van der Waals surface area contributed by atoms with Crippen LogP contribution in [-0.4, -0.2) is 25.5 Å². The van der Waals surface area contributed by atoms with E-state index in [1.54, 1.807) is 18.2 Å². The van der Waals surface area contributed by atoms with E-state index in [9.17, 15) is 9.90 Å². The Morgan fingerprint density at radius 2 is 1.81 bits per heavy atom. The van der Waals surface area contributed by atoms with Crippen LogP contribution in [0.3, 0.4) is 0 Å². The number of fused-ring (bicyclic) bond motifs is 2. The molecule has 1 amide bonds. The predicted octanol–water partition coefficient (Wildman–Crippen LogP) is 2.92. The first-order chi connectivity index (χ1) is 12.4. The van der Waals surface area contributed by atoms with Crippen LogP contribution in [0.2, 0.25) is 5.02 Å². The van der Waals surface area contributed by atoms with E-state index in [0.29, 0.717) is 22.4 Å². The number of halogens is 1. The highest BCUT2D eigenvalue weighted by atomic mass is 35.5. The summed E-state index contributed by atoms with van der Waals surface area (Å²) in [6.07, 6.45) is 0. The van der Waals surface area contributed by atoms with Gasteiger partial charge in [-0.05, 0) is 30.7 Å². The number of amides is 1. The Morgan fingerprint density at radius 1 is 1.15 bits per heavy atom. The number of nitrogens with zero attached hydrogens (tertiary/aromatic N) is 3. The van der Waals surface area contributed by atoms with Crippen molar-refractivity contribution in [3.05, 3.63) is 52.5 Å². The number of nitrogen functional groups attached to an aromatic ring is 1. The van der Waals surface area contributed by atoms with E-state index in [2.05, 4.69) is 9.97 Å². The summed E-state index contributed by atoms with van der Waals surface area (Å²) in [6, 6.07) is 10.4. The Bertz CT molecular complexity index is 1220. The molecule has 130 valence electrons. The van der Waals surface area contributed by atoms with Crippen LogP contribution in [0.15, 0.2) is 36.4 Å². The summed E-state index contributed by atoms with van der Waals surface area (Å²) < 4.78 is 1.51. The molecule has 0 aliphatic heterocycles. The van der Waals surface area contributed by atoms with E-state index in [-0.39, 0.29) is 27.7 Å². The lowest BCUT2D eigenvalue weighted by Crippen LogP contribution is -2.14. The van der Waals surface area contributed by atoms with Gasteiger partial charge in [-0.2, -0.15) is 0 Å². The maximum absolute atomic E-state index is 12.0. The van der Waals surface area contributed by atoms with Gasteiger partial charge < -0.3 is 16.6 Å². The number of nitrogens with two attached hydrogens (primary N) is 2. The number of phenolic OH excluding ortho intramolecular Hbond substituents is 1. The maximum Gasteiger partial charge on any atom is 0.254 e. The van der Waals surface area contributed by atoms with Crippen LogP contribution in [0, 0.1) is 6.92 Å². The molecule has 2 aromatic carbocycles. The third-order valence-corrected chi connectivity index (χ3v) is 4.64. The number of primary amides is 1. The van der Waals surface area contributed by atoms with Gasteiger partial charge in [-0.15, -0.1) is 0 Å². The average molecular weight is 368 g/mol. The molecule has 2 aromatic heterocycles. The largest absolute Gasteiger partial charge is 0.506 e. The van der Waals surface area contributed by atoms with E-state index < -0.39 is 5.91 Å². The van der Waals surface area contributed by atoms with E-state index >= 15 is 0 Å². The summed E-state index contributed by atoms with van der Waals surface area (Å²) in [7, 11) is 0. The molecule has 7 nitrogen and oxygen atoms in total. The zero-order chi connectivity index (χ0) is 18.6. The Morgan fingerprint density at radius 3 is 2.46 bits per heavy atom. The number of phenols is 1. The van der Waals surface area contributed by atoms with Gasteiger partial charge in [-0.25, -0.2) is 9.97 Å². The number of hydrogen-bond donors (Lipinski definition) is 3. The number of rotatable bonds is 2. The second-order valence-electron chi connectivity index (χ2n) is 5.91. The van der Waals surface area contributed by atoms with E-state index in [4.69, 9.17) is 23.1 Å². The molecule has 0 unspecified atom stereocenters. The van der Waals surface area contributed by atoms with Crippen molar-refractivity contribution in [3.8, 4) is 11.4 Å². The zero-order valence-corrected chi connectivity index (χ0v) is 14.4. The van der Waals surface area contributed by atoms with Crippen molar-refractivity contribution in [2.45, 2.75) is 6.92 Å². The van der Waals surface area contributed by atoms with Crippen LogP contribution in [-0.2, 0) is 0 Å². The van der Waals surface area contributed by atoms with Gasteiger partial charge in [0.15, 0.2) is 5.65 Å². The fourth-order valence-corrected chi connectivity index (χ4v) is 3.35. The highest BCUT2D eigenvalue weighted by molar-refractivity contribution is 6.34. The fraction of sp³-hybridized carbons (Fsp3) is 0.0556. The first kappa shape index (κ1) is 16.2. The van der Waals surface area contributed by atoms with E-state index in [1.165, 1.54) is 10.6 Å². The lowest BCUT2D eigenvalue weighted by molar-refractivity contribution is 0.100. The Balaban J connectivity index is 2.23. The fourth-order valence-electron chi connectivity index (χ4n) is 3.06. The molecule has 0 aliphatic rings. The number of para-hydroxylation sites is 2. The minimum atomic E-state index is -0.718. The van der Waals surface area contributed by atoms with Crippen molar-refractivity contribution in [1.29, 1.82) is 0 Å². The Hall–Kier alpha value is -3.32. The molecule has 26 heavy (non-hydrogen) atoms. The number of hydrogen-bond acceptors (Lipinski definition) is 5. The first-order valence-corrected chi connectivity index (χ1v) is 8.13. The van der Waals surface area contributed by atoms with Gasteiger partial charge in [-0.3, -0.25) is 9.36 Å². The summed E-state index contributed by atoms with van der Waals surface area (Å²) in [5.74, 6) is -0.758. The molecule has 0 bridgehead atoms. The highest BCUT2D eigenvalue weighted by Crippen LogP contribution is 2.38. The standard InChI is InChI=1S/C18H14ClN5O2/c1-8-6-7-11(25)13(19)15(8)24-16(20)12(17(21)26)14-18(24)23-10-5-3-2-4-9(10)22-14/h2-7,25H,20H2,1H3,(H2,21,26). The Labute approximate surface area is 152 Å². The summed E-state index contributed by atoms with van der Waals surface area (Å²) in [5.41, 5.74) is 14.9. The van der Waals surface area contributed by atoms with E-state index in [0.717, 1.165) is 5.56 Å². The van der Waals surface area contributed by atoms with E-state index in [1.807, 2.05) is 19.1 Å². The SMILES string of the molecule is Cc1ccc(O)c(Cl)c1-n1c(N)c(C(N)=O)c2nc3ccccc3nc21. The van der Waals surface area contributed by atoms with Crippen molar-refractivity contribution in [2.75, 3.05) is 5.73 Å². The smallest absolute Gasteiger partial charge is 0.254 e. The van der Waals surface area contributed by atoms with Gasteiger partial charge in [0.2, 0.25) is 0 Å². The average Bonchev–Trinajstić information content (AvgIpc) is 2.88. The number of carbonyl (C=O) groups excluding carboxylic acids is 1. The van der Waals surface area contributed by atoms with Gasteiger partial charge in [-0.1, -0.05) is 29.8 Å². The molecule has 0 aliphatic carbocycles. The topological polar surface area (TPSA) is 120 Å². The minimum absolute atomic E-state index is 0.0667. The summed E-state index contributed by atoms with van der Waals surface area (Å²) in [5, 5.41) is 10.1. The molecule has 4 aromatic rings. The minimum Gasteiger partial charge on any atom is -0.506 e. The number of aryl methyl sites for hydroxylation is 1. The molecular formula is C18H14ClN5O2. The highest BCUT2D eigenvalue weighted by Gasteiger charge is 2.25. The molecule has 0 radical (unpaired) electrons. The quantitative estimate of drug-likeness (QED) is 0.503. The van der Waals surface area contributed by atoms with Crippen LogP contribution in [0.5, 0.6) is 5.75 Å². The molecule has 2 heterocycles. The molecule has 8 heteroatoms. The van der Waals surface area contributed by atoms with Gasteiger partial charge in [0.1, 0.15) is 27.7 Å². The molecule has 4 rings (SSSR count). The number of aromatic nitrogens is 3. The monoisotopic (exact) mass is 367 g/mol. The third kappa shape index (κ3) is 2.18. The van der Waals surface area contributed by atoms with Crippen molar-refractivity contribution >= 4 is 45.5 Å². The predicted molar refractivity (Wildman–Crippen MR) is 101 cm³/mol. The molecule has 0 spiro atoms. The molecule has 5 N–H and O–H groups in total. The maximum atomic E-state index is 12.0. The van der Waals surface area contributed by atoms with Gasteiger partial charge in [0.05, 0.1) is 16.7 Å². The van der Waals surface area contributed by atoms with Crippen molar-refractivity contribution in [3.63, 3.8) is 0 Å². The number of benzene rings is 2. The first-order valence-electron chi connectivity index (χ1n) is 7.75. The van der Waals surface area contributed by atoms with Crippen LogP contribution < -0.4 is 11.5 Å². The van der Waals surface area contributed by atoms with Gasteiger partial charge in [0.25, 0.3) is 5.91 Å². The summed E-state index contributed by atoms with van der Waals surface area (Å²) >= 11 is 6.32. The van der Waals surface area contributed by atoms with Crippen LogP contribution in [0.1, 0.15) is 15.9 Å². The third-order valence-electron chi connectivity index (χ3n) is 4.27. The lowest BCUT2D eigenvalue weighted by Gasteiger charge is -2.14. The molecular weight excluding hydrogens is 354 g/mol. The summed E-state index contributed by atoms with van der Waals surface area (Å²) in [6.45, 7) is 1.81. The van der Waals surface area contributed by atoms with Crippen molar-refractivity contribution in [2.24, 2.45) is 5.73 Å². The molecule has 0 saturated heterocycles. The molecule has 0 fully saturated rings. The normalized spacial score (nSPS) is 11.3. The lowest BCUT2D eigenvalue weighted by atomic mass is 10.2. The number of anilines is 1. The zero-order valence-electron chi connectivity index (χ0n) is 13.7. The van der Waals surface area contributed by atoms with Crippen molar-refractivity contribution < 1.29 is 9.90 Å².